The first-order valence-electron chi connectivity index (χ1n) is 2.35. The van der Waals surface area contributed by atoms with E-state index >= 15 is 0 Å². The second kappa shape index (κ2) is 1.59. The van der Waals surface area contributed by atoms with E-state index in [1.54, 1.807) is 0 Å². The Balaban J connectivity index is 2.75. The third-order valence-electron chi connectivity index (χ3n) is 1.16. The molecule has 1 radical (unpaired) electrons. The smallest absolute Gasteiger partial charge is 0.229 e. The number of hydrogen-bond donors (Lipinski definition) is 0. The Morgan fingerprint density at radius 3 is 1.33 bits per heavy atom. The van der Waals surface area contributed by atoms with E-state index in [2.05, 4.69) is 5.32 Å². The molecular formula is C4H4F4N. The predicted octanol–water partition coefficient (Wildman–Crippen LogP) is 0.875. The summed E-state index contributed by atoms with van der Waals surface area (Å²) in [6, 6.07) is 0. The molecule has 53 valence electrons. The highest BCUT2D eigenvalue weighted by Crippen LogP contribution is 2.37. The van der Waals surface area contributed by atoms with E-state index < -0.39 is 24.9 Å². The summed E-state index contributed by atoms with van der Waals surface area (Å²) >= 11 is 0. The second-order valence-electron chi connectivity index (χ2n) is 1.95. The van der Waals surface area contributed by atoms with Gasteiger partial charge in [0.2, 0.25) is 0 Å². The van der Waals surface area contributed by atoms with Crippen LogP contribution in [0.3, 0.4) is 0 Å². The topological polar surface area (TPSA) is 14.1 Å². The Morgan fingerprint density at radius 2 is 1.22 bits per heavy atom. The molecule has 1 heterocycles. The molecule has 0 saturated carbocycles. The van der Waals surface area contributed by atoms with Crippen LogP contribution in [0.5, 0.6) is 0 Å². The molecule has 1 saturated heterocycles. The first kappa shape index (κ1) is 6.80. The van der Waals surface area contributed by atoms with E-state index in [9.17, 15) is 17.6 Å². The van der Waals surface area contributed by atoms with Crippen LogP contribution in [0.4, 0.5) is 17.6 Å². The third-order valence-corrected chi connectivity index (χ3v) is 1.16. The number of hydrogen-bond acceptors (Lipinski definition) is 0. The van der Waals surface area contributed by atoms with Gasteiger partial charge in [-0.05, 0) is 0 Å². The normalized spacial score (nSPS) is 30.7. The summed E-state index contributed by atoms with van der Waals surface area (Å²) in [6.07, 6.45) is 0. The standard InChI is InChI=1S/C4H4F4N/c5-3(6)1-9-2-4(3,7)8/h1-2H2. The van der Waals surface area contributed by atoms with Crippen LogP contribution >= 0.6 is 0 Å². The van der Waals surface area contributed by atoms with E-state index in [0.717, 1.165) is 0 Å². The van der Waals surface area contributed by atoms with Gasteiger partial charge in [-0.2, -0.15) is 17.6 Å². The lowest BCUT2D eigenvalue weighted by Gasteiger charge is -2.15. The Morgan fingerprint density at radius 1 is 0.889 bits per heavy atom. The summed E-state index contributed by atoms with van der Waals surface area (Å²) in [5, 5.41) is 2.89. The number of rotatable bonds is 0. The van der Waals surface area contributed by atoms with Crippen molar-refractivity contribution in [2.24, 2.45) is 0 Å². The highest BCUT2D eigenvalue weighted by Gasteiger charge is 2.60. The molecule has 0 aromatic rings. The minimum absolute atomic E-state index is 1.04. The molecule has 1 rings (SSSR count). The second-order valence-corrected chi connectivity index (χ2v) is 1.95. The van der Waals surface area contributed by atoms with Gasteiger partial charge in [0.1, 0.15) is 0 Å². The first-order valence-corrected chi connectivity index (χ1v) is 2.35. The molecule has 0 amide bonds. The number of halogens is 4. The molecule has 0 bridgehead atoms. The van der Waals surface area contributed by atoms with Crippen LogP contribution in [0.2, 0.25) is 0 Å². The van der Waals surface area contributed by atoms with Gasteiger partial charge >= 0.3 is 11.8 Å². The summed E-state index contributed by atoms with van der Waals surface area (Å²) < 4.78 is 47.5. The van der Waals surface area contributed by atoms with E-state index in [-0.39, 0.29) is 0 Å². The van der Waals surface area contributed by atoms with Gasteiger partial charge in [-0.15, -0.1) is 0 Å². The summed E-state index contributed by atoms with van der Waals surface area (Å²) in [4.78, 5) is 0. The average molecular weight is 142 g/mol. The van der Waals surface area contributed by atoms with E-state index in [0.29, 0.717) is 0 Å². The highest BCUT2D eigenvalue weighted by molar-refractivity contribution is 4.94. The van der Waals surface area contributed by atoms with Crippen molar-refractivity contribution in [1.29, 1.82) is 0 Å². The predicted molar refractivity (Wildman–Crippen MR) is 21.8 cm³/mol. The van der Waals surface area contributed by atoms with Crippen molar-refractivity contribution in [2.45, 2.75) is 11.8 Å². The van der Waals surface area contributed by atoms with Crippen molar-refractivity contribution < 1.29 is 17.6 Å². The maximum atomic E-state index is 11.9. The zero-order valence-electron chi connectivity index (χ0n) is 4.37. The molecule has 0 atom stereocenters. The molecule has 1 nitrogen and oxygen atoms in total. The molecule has 9 heavy (non-hydrogen) atoms. The third kappa shape index (κ3) is 0.891. The lowest BCUT2D eigenvalue weighted by atomic mass is 10.2. The molecular weight excluding hydrogens is 138 g/mol. The van der Waals surface area contributed by atoms with E-state index in [1.165, 1.54) is 0 Å². The lowest BCUT2D eigenvalue weighted by molar-refractivity contribution is -0.172. The van der Waals surface area contributed by atoms with Crippen molar-refractivity contribution in [3.63, 3.8) is 0 Å². The van der Waals surface area contributed by atoms with Gasteiger partial charge in [-0.25, -0.2) is 5.32 Å². The van der Waals surface area contributed by atoms with Crippen LogP contribution in [0, 0.1) is 0 Å². The van der Waals surface area contributed by atoms with Gasteiger partial charge in [0, 0.05) is 0 Å². The molecule has 0 unspecified atom stereocenters. The van der Waals surface area contributed by atoms with Crippen molar-refractivity contribution in [1.82, 2.24) is 5.32 Å². The monoisotopic (exact) mass is 142 g/mol. The Labute approximate surface area is 49.0 Å². The summed E-state index contributed by atoms with van der Waals surface area (Å²) in [6.45, 7) is -2.08. The van der Waals surface area contributed by atoms with Gasteiger partial charge in [-0.1, -0.05) is 0 Å². The average Bonchev–Trinajstić information content (AvgIpc) is 1.81. The molecule has 0 N–H and O–H groups in total. The number of nitrogens with zero attached hydrogens (tertiary/aromatic N) is 1. The lowest BCUT2D eigenvalue weighted by Crippen LogP contribution is -2.38. The Hall–Kier alpha value is -0.320. The van der Waals surface area contributed by atoms with Crippen LogP contribution in [-0.2, 0) is 0 Å². The number of alkyl halides is 4. The fourth-order valence-electron chi connectivity index (χ4n) is 0.568. The molecule has 0 aliphatic carbocycles. The first-order chi connectivity index (χ1) is 3.96. The van der Waals surface area contributed by atoms with Gasteiger partial charge < -0.3 is 0 Å². The van der Waals surface area contributed by atoms with Crippen LogP contribution in [0.1, 0.15) is 0 Å². The zero-order valence-corrected chi connectivity index (χ0v) is 4.37. The van der Waals surface area contributed by atoms with Gasteiger partial charge in [0.25, 0.3) is 0 Å². The van der Waals surface area contributed by atoms with Crippen LogP contribution in [0.25, 0.3) is 0 Å². The summed E-state index contributed by atoms with van der Waals surface area (Å²) in [5.74, 6) is -7.82. The zero-order chi connectivity index (χ0) is 7.12. The van der Waals surface area contributed by atoms with E-state index in [4.69, 9.17) is 0 Å². The van der Waals surface area contributed by atoms with Crippen molar-refractivity contribution in [3.8, 4) is 0 Å². The minimum Gasteiger partial charge on any atom is -0.229 e. The minimum atomic E-state index is -3.91. The van der Waals surface area contributed by atoms with E-state index in [1.807, 2.05) is 0 Å². The van der Waals surface area contributed by atoms with Crippen molar-refractivity contribution >= 4 is 0 Å². The maximum Gasteiger partial charge on any atom is 0.325 e. The molecule has 0 aromatic carbocycles. The molecule has 0 spiro atoms. The molecule has 1 aliphatic heterocycles. The molecule has 0 aromatic heterocycles. The maximum absolute atomic E-state index is 11.9. The van der Waals surface area contributed by atoms with Gasteiger partial charge in [0.05, 0.1) is 13.1 Å². The fourth-order valence-corrected chi connectivity index (χ4v) is 0.568. The summed E-state index contributed by atoms with van der Waals surface area (Å²) in [5.41, 5.74) is 0. The molecule has 1 aliphatic rings. The quantitative estimate of drug-likeness (QED) is 0.445. The van der Waals surface area contributed by atoms with Crippen molar-refractivity contribution in [2.75, 3.05) is 13.1 Å². The molecule has 1 fully saturated rings. The Kier molecular flexibility index (Phi) is 1.20. The molecule has 5 heteroatoms. The van der Waals surface area contributed by atoms with Crippen molar-refractivity contribution in [3.05, 3.63) is 0 Å². The van der Waals surface area contributed by atoms with Crippen LogP contribution in [-0.4, -0.2) is 24.9 Å². The van der Waals surface area contributed by atoms with Crippen LogP contribution < -0.4 is 5.32 Å². The summed E-state index contributed by atoms with van der Waals surface area (Å²) in [7, 11) is 0. The SMILES string of the molecule is FC1(F)C[N]CC1(F)F. The highest BCUT2D eigenvalue weighted by atomic mass is 19.3. The fraction of sp³-hybridized carbons (Fsp3) is 1.00. The van der Waals surface area contributed by atoms with Gasteiger partial charge in [0.15, 0.2) is 0 Å². The van der Waals surface area contributed by atoms with Gasteiger partial charge in [-0.3, -0.25) is 0 Å². The Bertz CT molecular complexity index is 108. The van der Waals surface area contributed by atoms with Crippen LogP contribution in [0.15, 0.2) is 0 Å². The largest absolute Gasteiger partial charge is 0.325 e.